The third-order valence-corrected chi connectivity index (χ3v) is 4.43. The second-order valence-corrected chi connectivity index (χ2v) is 6.68. The number of fused-ring (bicyclic) bond motifs is 3. The van der Waals surface area contributed by atoms with Gasteiger partial charge in [-0.15, -0.1) is 0 Å². The van der Waals surface area contributed by atoms with Crippen molar-refractivity contribution in [2.75, 3.05) is 6.61 Å². The normalized spacial score (nSPS) is 15.0. The van der Waals surface area contributed by atoms with E-state index in [0.717, 1.165) is 48.7 Å². The molecule has 1 amide bonds. The summed E-state index contributed by atoms with van der Waals surface area (Å²) in [7, 11) is 0. The fraction of sp³-hybridized carbons (Fsp3) is 0.444. The van der Waals surface area contributed by atoms with Gasteiger partial charge in [0.2, 0.25) is 0 Å². The van der Waals surface area contributed by atoms with E-state index in [0.29, 0.717) is 5.52 Å². The SMILES string of the molecule is O=C(NC1CCCCC1)OCC(F)(F)F.O=c1cnc2cnc3[nH]ccc3c2[nH]1.[HH].[HH]. The smallest absolute Gasteiger partial charge is 0.422 e. The number of amides is 1. The number of halogens is 3. The van der Waals surface area contributed by atoms with E-state index in [1.165, 1.54) is 6.20 Å². The largest absolute Gasteiger partial charge is 0.440 e. The van der Waals surface area contributed by atoms with Crippen molar-refractivity contribution in [1.29, 1.82) is 0 Å². The van der Waals surface area contributed by atoms with Gasteiger partial charge in [-0.1, -0.05) is 19.3 Å². The van der Waals surface area contributed by atoms with E-state index in [2.05, 4.69) is 30.0 Å². The van der Waals surface area contributed by atoms with E-state index in [1.54, 1.807) is 12.4 Å². The van der Waals surface area contributed by atoms with E-state index in [9.17, 15) is 22.8 Å². The Morgan fingerprint density at radius 1 is 1.24 bits per heavy atom. The van der Waals surface area contributed by atoms with Crippen molar-refractivity contribution in [2.45, 2.75) is 44.3 Å². The van der Waals surface area contributed by atoms with Gasteiger partial charge in [0.25, 0.3) is 5.56 Å². The van der Waals surface area contributed by atoms with Crippen LogP contribution in [0.3, 0.4) is 0 Å². The van der Waals surface area contributed by atoms with Gasteiger partial charge in [0.05, 0.1) is 17.9 Å². The highest BCUT2D eigenvalue weighted by Crippen LogP contribution is 2.19. The van der Waals surface area contributed by atoms with Gasteiger partial charge >= 0.3 is 12.3 Å². The Morgan fingerprint density at radius 2 is 2.00 bits per heavy atom. The number of ether oxygens (including phenoxy) is 1. The van der Waals surface area contributed by atoms with Crippen LogP contribution in [0.25, 0.3) is 22.1 Å². The number of H-pyrrole nitrogens is 2. The fourth-order valence-electron chi connectivity index (χ4n) is 3.11. The predicted octanol–water partition coefficient (Wildman–Crippen LogP) is 3.90. The summed E-state index contributed by atoms with van der Waals surface area (Å²) in [6, 6.07) is 1.84. The lowest BCUT2D eigenvalue weighted by Gasteiger charge is -2.22. The molecule has 0 saturated heterocycles. The Kier molecular flexibility index (Phi) is 6.35. The molecule has 8 nitrogen and oxygen atoms in total. The fourth-order valence-corrected chi connectivity index (χ4v) is 3.11. The van der Waals surface area contributed by atoms with Crippen molar-refractivity contribution in [3.63, 3.8) is 0 Å². The van der Waals surface area contributed by atoms with Crippen molar-refractivity contribution < 1.29 is 25.6 Å². The van der Waals surface area contributed by atoms with E-state index in [4.69, 9.17) is 0 Å². The Bertz CT molecular complexity index is 1040. The molecule has 0 radical (unpaired) electrons. The van der Waals surface area contributed by atoms with Gasteiger partial charge in [-0.3, -0.25) is 4.79 Å². The zero-order valence-electron chi connectivity index (χ0n) is 15.4. The first-order valence-electron chi connectivity index (χ1n) is 9.13. The van der Waals surface area contributed by atoms with Gasteiger partial charge in [-0.25, -0.2) is 14.8 Å². The molecule has 11 heteroatoms. The van der Waals surface area contributed by atoms with Gasteiger partial charge in [0, 0.05) is 20.5 Å². The second-order valence-electron chi connectivity index (χ2n) is 6.68. The molecule has 1 fully saturated rings. The third kappa shape index (κ3) is 5.93. The molecule has 29 heavy (non-hydrogen) atoms. The average Bonchev–Trinajstić information content (AvgIpc) is 3.17. The summed E-state index contributed by atoms with van der Waals surface area (Å²) < 4.78 is 39.1. The summed E-state index contributed by atoms with van der Waals surface area (Å²) in [5.74, 6) is 0. The predicted molar refractivity (Wildman–Crippen MR) is 104 cm³/mol. The number of rotatable bonds is 2. The van der Waals surface area contributed by atoms with Crippen molar-refractivity contribution >= 4 is 28.2 Å². The second kappa shape index (κ2) is 8.93. The van der Waals surface area contributed by atoms with Crippen LogP contribution in [0, 0.1) is 0 Å². The molecule has 3 aromatic heterocycles. The molecule has 4 rings (SSSR count). The molecule has 0 aromatic carbocycles. The molecule has 0 bridgehead atoms. The van der Waals surface area contributed by atoms with Crippen LogP contribution in [0.1, 0.15) is 35.0 Å². The van der Waals surface area contributed by atoms with Crippen LogP contribution in [-0.4, -0.2) is 44.9 Å². The lowest BCUT2D eigenvalue weighted by molar-refractivity contribution is -0.160. The highest BCUT2D eigenvalue weighted by Gasteiger charge is 2.30. The molecule has 160 valence electrons. The Morgan fingerprint density at radius 3 is 2.72 bits per heavy atom. The van der Waals surface area contributed by atoms with Crippen molar-refractivity contribution in [3.05, 3.63) is 35.0 Å². The van der Waals surface area contributed by atoms with E-state index < -0.39 is 18.9 Å². The van der Waals surface area contributed by atoms with E-state index >= 15 is 0 Å². The average molecular weight is 415 g/mol. The molecule has 0 unspecified atom stereocenters. The number of alkyl halides is 3. The molecule has 0 atom stereocenters. The number of pyridine rings is 1. The minimum Gasteiger partial charge on any atom is -0.440 e. The summed E-state index contributed by atoms with van der Waals surface area (Å²) >= 11 is 0. The number of hydrogen-bond donors (Lipinski definition) is 3. The maximum atomic E-state index is 11.7. The number of hydrogen-bond acceptors (Lipinski definition) is 5. The quantitative estimate of drug-likeness (QED) is 0.588. The molecule has 1 aliphatic carbocycles. The third-order valence-electron chi connectivity index (χ3n) is 4.43. The molecule has 3 N–H and O–H groups in total. The zero-order valence-corrected chi connectivity index (χ0v) is 15.4. The number of nitrogens with one attached hydrogen (secondary N) is 3. The molecular formula is C18H24F3N5O3. The molecule has 0 aliphatic heterocycles. The maximum absolute atomic E-state index is 11.7. The summed E-state index contributed by atoms with van der Waals surface area (Å²) in [6.07, 6.45) is 4.00. The number of carbonyl (C=O) groups excluding carboxylic acids is 1. The lowest BCUT2D eigenvalue weighted by atomic mass is 9.96. The minimum atomic E-state index is -4.45. The topological polar surface area (TPSA) is 113 Å². The van der Waals surface area contributed by atoms with Crippen molar-refractivity contribution in [3.8, 4) is 0 Å². The Hall–Kier alpha value is -3.11. The number of aromatic amines is 2. The van der Waals surface area contributed by atoms with Crippen LogP contribution in [0.5, 0.6) is 0 Å². The molecule has 0 spiro atoms. The van der Waals surface area contributed by atoms with Crippen LogP contribution in [0.2, 0.25) is 0 Å². The molecule has 3 heterocycles. The van der Waals surface area contributed by atoms with Crippen LogP contribution >= 0.6 is 0 Å². The Labute approximate surface area is 165 Å². The summed E-state index contributed by atoms with van der Waals surface area (Å²) in [5, 5.41) is 3.31. The molecule has 1 aliphatic rings. The number of carbonyl (C=O) groups is 1. The zero-order chi connectivity index (χ0) is 20.9. The standard InChI is InChI=1S/C9H14F3NO2.C9H6N4O.2H2/c10-9(11,12)6-15-8(14)13-7-4-2-1-3-5-7;14-7-4-11-6-3-12-9-5(1-2-10-9)8(6)13-7;;/h7H,1-6H2,(H,13,14);1-4H,(H,10,12)(H,13,14);2*1H. The molecule has 1 saturated carbocycles. The first-order chi connectivity index (χ1) is 13.8. The van der Waals surface area contributed by atoms with Gasteiger partial charge in [-0.2, -0.15) is 13.2 Å². The van der Waals surface area contributed by atoms with E-state index in [-0.39, 0.29) is 14.5 Å². The van der Waals surface area contributed by atoms with Gasteiger partial charge in [0.15, 0.2) is 6.61 Å². The summed E-state index contributed by atoms with van der Waals surface area (Å²) in [6.45, 7) is -1.52. The number of nitrogens with zero attached hydrogens (tertiary/aromatic N) is 2. The van der Waals surface area contributed by atoms with Crippen molar-refractivity contribution in [1.82, 2.24) is 25.3 Å². The van der Waals surface area contributed by atoms with Gasteiger partial charge in [0.1, 0.15) is 11.2 Å². The van der Waals surface area contributed by atoms with Gasteiger partial charge in [-0.05, 0) is 18.9 Å². The highest BCUT2D eigenvalue weighted by molar-refractivity contribution is 5.99. The first kappa shape index (κ1) is 20.6. The minimum absolute atomic E-state index is 0. The van der Waals surface area contributed by atoms with Crippen LogP contribution in [0.15, 0.2) is 29.5 Å². The van der Waals surface area contributed by atoms with Gasteiger partial charge < -0.3 is 20.0 Å². The van der Waals surface area contributed by atoms with Crippen molar-refractivity contribution in [2.24, 2.45) is 0 Å². The number of aromatic nitrogens is 4. The lowest BCUT2D eigenvalue weighted by Crippen LogP contribution is -2.38. The molecule has 3 aromatic rings. The Balaban J connectivity index is 0.000000291. The number of alkyl carbamates (subject to hydrolysis) is 1. The first-order valence-corrected chi connectivity index (χ1v) is 9.13. The summed E-state index contributed by atoms with van der Waals surface area (Å²) in [4.78, 5) is 35.9. The maximum Gasteiger partial charge on any atom is 0.422 e. The van der Waals surface area contributed by atoms with Crippen LogP contribution in [-0.2, 0) is 4.74 Å². The molecular weight excluding hydrogens is 391 g/mol. The van der Waals surface area contributed by atoms with E-state index in [1.807, 2.05) is 6.07 Å². The monoisotopic (exact) mass is 415 g/mol. The summed E-state index contributed by atoms with van der Waals surface area (Å²) in [5.41, 5.74) is 1.97. The highest BCUT2D eigenvalue weighted by atomic mass is 19.4. The van der Waals surface area contributed by atoms with Crippen LogP contribution < -0.4 is 10.9 Å². The van der Waals surface area contributed by atoms with Crippen LogP contribution in [0.4, 0.5) is 18.0 Å².